The average Bonchev–Trinajstić information content (AvgIpc) is 3.36. The first-order chi connectivity index (χ1) is 13.1. The van der Waals surface area contributed by atoms with Crippen molar-refractivity contribution in [2.24, 2.45) is 0 Å². The summed E-state index contributed by atoms with van der Waals surface area (Å²) in [6, 6.07) is 4.42. The van der Waals surface area contributed by atoms with Crippen molar-refractivity contribution in [1.29, 1.82) is 0 Å². The van der Waals surface area contributed by atoms with Crippen LogP contribution in [0, 0.1) is 10.1 Å². The molecule has 8 nitrogen and oxygen atoms in total. The van der Waals surface area contributed by atoms with Crippen molar-refractivity contribution < 1.29 is 23.9 Å². The van der Waals surface area contributed by atoms with Crippen LogP contribution in [0.1, 0.15) is 16.1 Å². The summed E-state index contributed by atoms with van der Waals surface area (Å²) >= 11 is 3.01. The minimum Gasteiger partial charge on any atom is -0.486 e. The Hall–Kier alpha value is -2.98. The maximum atomic E-state index is 12.4. The Balaban J connectivity index is 1.52. The lowest BCUT2D eigenvalue weighted by molar-refractivity contribution is -0.385. The second-order valence-corrected chi connectivity index (χ2v) is 7.14. The highest BCUT2D eigenvalue weighted by molar-refractivity contribution is 7.14. The molecule has 0 radical (unpaired) electrons. The van der Waals surface area contributed by atoms with E-state index in [0.717, 1.165) is 10.6 Å². The number of benzene rings is 1. The van der Waals surface area contributed by atoms with Gasteiger partial charge in [0.05, 0.1) is 16.7 Å². The third kappa shape index (κ3) is 3.62. The Morgan fingerprint density at radius 2 is 2.04 bits per heavy atom. The Kier molecular flexibility index (Phi) is 4.73. The summed E-state index contributed by atoms with van der Waals surface area (Å²) in [6.45, 7) is 0.527. The largest absolute Gasteiger partial charge is 0.486 e. The molecule has 1 aliphatic heterocycles. The van der Waals surface area contributed by atoms with Crippen LogP contribution >= 0.6 is 22.7 Å². The van der Waals surface area contributed by atoms with E-state index in [9.17, 15) is 14.9 Å². The first-order valence-corrected chi connectivity index (χ1v) is 9.66. The van der Waals surface area contributed by atoms with Gasteiger partial charge in [0.1, 0.15) is 30.4 Å². The molecular formula is C17H12N2O6S2. The minimum absolute atomic E-state index is 0.0783. The quantitative estimate of drug-likeness (QED) is 0.361. The monoisotopic (exact) mass is 404 g/mol. The van der Waals surface area contributed by atoms with Crippen molar-refractivity contribution in [2.75, 3.05) is 13.2 Å². The van der Waals surface area contributed by atoms with Gasteiger partial charge in [0.2, 0.25) is 0 Å². The van der Waals surface area contributed by atoms with Crippen LogP contribution in [0.5, 0.6) is 11.5 Å². The maximum Gasteiger partial charge on any atom is 0.345 e. The van der Waals surface area contributed by atoms with Crippen LogP contribution in [-0.4, -0.2) is 29.1 Å². The molecule has 2 aromatic heterocycles. The number of aromatic nitrogens is 1. The third-order valence-electron chi connectivity index (χ3n) is 3.75. The minimum atomic E-state index is -0.816. The second kappa shape index (κ2) is 7.33. The number of fused-ring (bicyclic) bond motifs is 1. The molecule has 0 amide bonds. The Labute approximate surface area is 161 Å². The fourth-order valence-corrected chi connectivity index (χ4v) is 4.02. The molecule has 0 saturated heterocycles. The SMILES string of the molecule is O=C(OCc1csc(-c2ccsc2)n1)c1cc2c(cc1[N+](=O)[O-])OCCO2. The predicted molar refractivity (Wildman–Crippen MR) is 98.6 cm³/mol. The highest BCUT2D eigenvalue weighted by Crippen LogP contribution is 2.37. The second-order valence-electron chi connectivity index (χ2n) is 5.50. The molecule has 138 valence electrons. The van der Waals surface area contributed by atoms with Crippen LogP contribution in [0.25, 0.3) is 10.6 Å². The zero-order valence-corrected chi connectivity index (χ0v) is 15.4. The standard InChI is InChI=1S/C17H12N2O6S2/c20-17(25-7-11-9-27-16(18-11)10-1-4-26-8-10)12-5-14-15(24-3-2-23-14)6-13(12)19(21)22/h1,4-6,8-9H,2-3,7H2. The van der Waals surface area contributed by atoms with Crippen LogP contribution in [0.3, 0.4) is 0 Å². The lowest BCUT2D eigenvalue weighted by Gasteiger charge is -2.18. The van der Waals surface area contributed by atoms with Gasteiger partial charge in [-0.1, -0.05) is 0 Å². The van der Waals surface area contributed by atoms with Crippen molar-refractivity contribution in [1.82, 2.24) is 4.98 Å². The van der Waals surface area contributed by atoms with Gasteiger partial charge >= 0.3 is 5.97 Å². The predicted octanol–water partition coefficient (Wildman–Crippen LogP) is 3.91. The Morgan fingerprint density at radius 1 is 1.26 bits per heavy atom. The first-order valence-electron chi connectivity index (χ1n) is 7.84. The van der Waals surface area contributed by atoms with E-state index < -0.39 is 10.9 Å². The summed E-state index contributed by atoms with van der Waals surface area (Å²) in [7, 11) is 0. The molecule has 0 bridgehead atoms. The van der Waals surface area contributed by atoms with Crippen LogP contribution in [-0.2, 0) is 11.3 Å². The van der Waals surface area contributed by atoms with Crippen molar-refractivity contribution in [3.05, 3.63) is 55.7 Å². The van der Waals surface area contributed by atoms with E-state index in [4.69, 9.17) is 14.2 Å². The number of carbonyl (C=O) groups is 1. The van der Waals surface area contributed by atoms with E-state index in [-0.39, 0.29) is 29.4 Å². The topological polar surface area (TPSA) is 101 Å². The summed E-state index contributed by atoms with van der Waals surface area (Å²) < 4.78 is 16.0. The molecule has 0 atom stereocenters. The zero-order valence-electron chi connectivity index (χ0n) is 13.7. The molecule has 1 aliphatic rings. The number of thiazole rings is 1. The molecule has 0 saturated carbocycles. The molecular weight excluding hydrogens is 392 g/mol. The number of hydrogen-bond acceptors (Lipinski definition) is 9. The first kappa shape index (κ1) is 17.4. The van der Waals surface area contributed by atoms with Gasteiger partial charge in [0.15, 0.2) is 11.5 Å². The van der Waals surface area contributed by atoms with Gasteiger partial charge in [0, 0.05) is 22.4 Å². The van der Waals surface area contributed by atoms with Crippen molar-refractivity contribution in [3.8, 4) is 22.1 Å². The van der Waals surface area contributed by atoms with Crippen molar-refractivity contribution in [2.45, 2.75) is 6.61 Å². The summed E-state index contributed by atoms with van der Waals surface area (Å²) in [5, 5.41) is 17.9. The number of ether oxygens (including phenoxy) is 3. The summed E-state index contributed by atoms with van der Waals surface area (Å²) in [4.78, 5) is 27.5. The Morgan fingerprint density at radius 3 is 2.74 bits per heavy atom. The molecule has 27 heavy (non-hydrogen) atoms. The Bertz CT molecular complexity index is 999. The van der Waals surface area contributed by atoms with Crippen molar-refractivity contribution in [3.63, 3.8) is 0 Å². The van der Waals surface area contributed by atoms with Gasteiger partial charge in [-0.15, -0.1) is 11.3 Å². The van der Waals surface area contributed by atoms with E-state index in [0.29, 0.717) is 18.9 Å². The van der Waals surface area contributed by atoms with Crippen LogP contribution in [0.2, 0.25) is 0 Å². The molecule has 0 unspecified atom stereocenters. The molecule has 4 rings (SSSR count). The van der Waals surface area contributed by atoms with E-state index in [2.05, 4.69) is 4.98 Å². The molecule has 0 fully saturated rings. The van der Waals surface area contributed by atoms with Gasteiger partial charge in [-0.3, -0.25) is 10.1 Å². The molecule has 3 heterocycles. The smallest absolute Gasteiger partial charge is 0.345 e. The molecule has 0 aliphatic carbocycles. The highest BCUT2D eigenvalue weighted by atomic mass is 32.1. The van der Waals surface area contributed by atoms with Gasteiger partial charge < -0.3 is 14.2 Å². The lowest BCUT2D eigenvalue weighted by atomic mass is 10.1. The van der Waals surface area contributed by atoms with Gasteiger partial charge in [-0.05, 0) is 11.4 Å². The molecule has 3 aromatic rings. The normalized spacial score (nSPS) is 12.6. The average molecular weight is 404 g/mol. The van der Waals surface area contributed by atoms with Gasteiger partial charge in [-0.25, -0.2) is 9.78 Å². The van der Waals surface area contributed by atoms with E-state index in [1.54, 1.807) is 16.7 Å². The summed E-state index contributed by atoms with van der Waals surface area (Å²) in [5.74, 6) is -0.291. The van der Waals surface area contributed by atoms with E-state index >= 15 is 0 Å². The number of nitrogens with zero attached hydrogens (tertiary/aromatic N) is 2. The van der Waals surface area contributed by atoms with Crippen LogP contribution in [0.15, 0.2) is 34.3 Å². The van der Waals surface area contributed by atoms with E-state index in [1.165, 1.54) is 23.5 Å². The number of esters is 1. The van der Waals surface area contributed by atoms with Crippen LogP contribution < -0.4 is 9.47 Å². The molecule has 0 spiro atoms. The van der Waals surface area contributed by atoms with Gasteiger partial charge in [0.25, 0.3) is 5.69 Å². The molecule has 1 aromatic carbocycles. The van der Waals surface area contributed by atoms with Crippen molar-refractivity contribution >= 4 is 34.3 Å². The van der Waals surface area contributed by atoms with Crippen LogP contribution in [0.4, 0.5) is 5.69 Å². The number of nitro benzene ring substituents is 1. The third-order valence-corrected chi connectivity index (χ3v) is 5.37. The zero-order chi connectivity index (χ0) is 18.8. The summed E-state index contributed by atoms with van der Waals surface area (Å²) in [6.07, 6.45) is 0. The number of carbonyl (C=O) groups excluding carboxylic acids is 1. The lowest BCUT2D eigenvalue weighted by Crippen LogP contribution is -2.17. The number of thiophene rings is 1. The maximum absolute atomic E-state index is 12.4. The summed E-state index contributed by atoms with van der Waals surface area (Å²) in [5.41, 5.74) is 1.01. The molecule has 10 heteroatoms. The van der Waals surface area contributed by atoms with E-state index in [1.807, 2.05) is 16.8 Å². The highest BCUT2D eigenvalue weighted by Gasteiger charge is 2.27. The number of nitro groups is 1. The van der Waals surface area contributed by atoms with Gasteiger partial charge in [-0.2, -0.15) is 11.3 Å². The fraction of sp³-hybridized carbons (Fsp3) is 0.176. The molecule has 0 N–H and O–H groups in total. The number of hydrogen-bond donors (Lipinski definition) is 0. The number of rotatable bonds is 5. The fourth-order valence-electron chi connectivity index (χ4n) is 2.50.